The molecule has 10 heteroatoms. The summed E-state index contributed by atoms with van der Waals surface area (Å²) in [6.07, 6.45) is 3.47. The van der Waals surface area contributed by atoms with Crippen LogP contribution in [0.4, 0.5) is 10.6 Å². The highest BCUT2D eigenvalue weighted by atomic mass is 32.2. The van der Waals surface area contributed by atoms with Gasteiger partial charge in [0.25, 0.3) is 0 Å². The van der Waals surface area contributed by atoms with Crippen molar-refractivity contribution in [2.24, 2.45) is 5.92 Å². The molecule has 1 aromatic heterocycles. The van der Waals surface area contributed by atoms with Crippen LogP contribution in [-0.4, -0.2) is 48.0 Å². The number of nitrogens with one attached hydrogen (secondary N) is 3. The van der Waals surface area contributed by atoms with Crippen LogP contribution in [-0.2, 0) is 21.1 Å². The fourth-order valence-electron chi connectivity index (χ4n) is 4.36. The van der Waals surface area contributed by atoms with Crippen molar-refractivity contribution in [1.29, 1.82) is 0 Å². The van der Waals surface area contributed by atoms with Gasteiger partial charge in [-0.2, -0.15) is 5.10 Å². The summed E-state index contributed by atoms with van der Waals surface area (Å²) in [5.74, 6) is 0.518. The largest absolute Gasteiger partial charge is 0.465 e. The molecule has 3 rings (SSSR count). The number of nitrogens with zero attached hydrogens (tertiary/aromatic N) is 1. The number of aromatic amines is 1. The van der Waals surface area contributed by atoms with E-state index in [1.54, 1.807) is 24.3 Å². The average Bonchev–Trinajstić information content (AvgIpc) is 3.35. The Bertz CT molecular complexity index is 1050. The zero-order chi connectivity index (χ0) is 22.6. The van der Waals surface area contributed by atoms with Gasteiger partial charge in [-0.3, -0.25) is 9.89 Å². The molecule has 0 saturated heterocycles. The normalized spacial score (nSPS) is 19.7. The number of benzene rings is 1. The number of aromatic nitrogens is 2. The van der Waals surface area contributed by atoms with Crippen LogP contribution in [0.5, 0.6) is 0 Å². The summed E-state index contributed by atoms with van der Waals surface area (Å²) in [5.41, 5.74) is 1.34. The van der Waals surface area contributed by atoms with E-state index in [0.29, 0.717) is 11.4 Å². The summed E-state index contributed by atoms with van der Waals surface area (Å²) >= 11 is 0. The first-order chi connectivity index (χ1) is 14.7. The lowest BCUT2D eigenvalue weighted by molar-refractivity contribution is -0.115. The second kappa shape index (κ2) is 9.51. The highest BCUT2D eigenvalue weighted by Gasteiger charge is 2.32. The first-order valence-electron chi connectivity index (χ1n) is 10.3. The molecule has 1 heterocycles. The summed E-state index contributed by atoms with van der Waals surface area (Å²) in [6.45, 7) is 1.97. The minimum atomic E-state index is -3.42. The van der Waals surface area contributed by atoms with Crippen LogP contribution in [0.2, 0.25) is 0 Å². The summed E-state index contributed by atoms with van der Waals surface area (Å²) in [5, 5.41) is 21.5. The predicted molar refractivity (Wildman–Crippen MR) is 116 cm³/mol. The van der Waals surface area contributed by atoms with Gasteiger partial charge in [0.1, 0.15) is 0 Å². The van der Waals surface area contributed by atoms with Gasteiger partial charge in [-0.15, -0.1) is 0 Å². The van der Waals surface area contributed by atoms with Gasteiger partial charge in [0.15, 0.2) is 15.7 Å². The van der Waals surface area contributed by atoms with E-state index in [1.807, 2.05) is 6.92 Å². The summed E-state index contributed by atoms with van der Waals surface area (Å²) < 4.78 is 23.8. The Morgan fingerprint density at radius 3 is 2.71 bits per heavy atom. The maximum Gasteiger partial charge on any atom is 0.404 e. The van der Waals surface area contributed by atoms with E-state index in [9.17, 15) is 18.0 Å². The monoisotopic (exact) mass is 448 g/mol. The first-order valence-corrected chi connectivity index (χ1v) is 12.2. The van der Waals surface area contributed by atoms with Gasteiger partial charge >= 0.3 is 6.09 Å². The van der Waals surface area contributed by atoms with Gasteiger partial charge in [-0.25, -0.2) is 13.2 Å². The van der Waals surface area contributed by atoms with Gasteiger partial charge in [-0.1, -0.05) is 25.1 Å². The van der Waals surface area contributed by atoms with Gasteiger partial charge < -0.3 is 15.7 Å². The van der Waals surface area contributed by atoms with Crippen LogP contribution in [0, 0.1) is 5.92 Å². The topological polar surface area (TPSA) is 141 Å². The third-order valence-corrected chi connectivity index (χ3v) is 7.02. The first kappa shape index (κ1) is 22.8. The van der Waals surface area contributed by atoms with Crippen LogP contribution < -0.4 is 10.6 Å². The Morgan fingerprint density at radius 1 is 1.29 bits per heavy atom. The van der Waals surface area contributed by atoms with Crippen LogP contribution in [0.25, 0.3) is 0 Å². The van der Waals surface area contributed by atoms with Crippen LogP contribution >= 0.6 is 0 Å². The quantitative estimate of drug-likeness (QED) is 0.489. The second-order valence-corrected chi connectivity index (χ2v) is 10.0. The van der Waals surface area contributed by atoms with Crippen LogP contribution in [0.15, 0.2) is 35.2 Å². The number of anilines is 1. The molecule has 2 amide bonds. The lowest BCUT2D eigenvalue weighted by atomic mass is 9.94. The molecule has 1 aliphatic carbocycles. The Kier molecular flexibility index (Phi) is 6.99. The maximum atomic E-state index is 12.5. The van der Waals surface area contributed by atoms with Crippen molar-refractivity contribution in [3.63, 3.8) is 0 Å². The molecule has 0 bridgehead atoms. The number of carboxylic acid groups (broad SMARTS) is 1. The predicted octanol–water partition coefficient (Wildman–Crippen LogP) is 2.92. The van der Waals surface area contributed by atoms with Crippen molar-refractivity contribution >= 4 is 27.7 Å². The molecule has 1 saturated carbocycles. The molecule has 3 unspecified atom stereocenters. The van der Waals surface area contributed by atoms with Gasteiger partial charge in [0.05, 0.1) is 11.3 Å². The Morgan fingerprint density at radius 2 is 2.03 bits per heavy atom. The van der Waals surface area contributed by atoms with Crippen molar-refractivity contribution in [3.05, 3.63) is 41.6 Å². The third kappa shape index (κ3) is 5.84. The summed E-state index contributed by atoms with van der Waals surface area (Å²) in [6, 6.07) is 8.16. The molecule has 2 aromatic rings. The molecule has 1 fully saturated rings. The number of sulfone groups is 1. The number of hydrogen-bond donors (Lipinski definition) is 4. The van der Waals surface area contributed by atoms with E-state index in [4.69, 9.17) is 5.11 Å². The van der Waals surface area contributed by atoms with Crippen LogP contribution in [0.1, 0.15) is 49.8 Å². The molecule has 168 valence electrons. The highest BCUT2D eigenvalue weighted by Crippen LogP contribution is 2.40. The van der Waals surface area contributed by atoms with Crippen molar-refractivity contribution < 1.29 is 23.1 Å². The van der Waals surface area contributed by atoms with Gasteiger partial charge in [0, 0.05) is 30.0 Å². The summed E-state index contributed by atoms with van der Waals surface area (Å²) in [7, 11) is -3.42. The number of carbonyl (C=O) groups is 2. The van der Waals surface area contributed by atoms with E-state index in [0.717, 1.165) is 37.6 Å². The maximum absolute atomic E-state index is 12.5. The molecule has 1 aromatic carbocycles. The second-order valence-electron chi connectivity index (χ2n) is 8.05. The molecule has 0 aliphatic heterocycles. The van der Waals surface area contributed by atoms with E-state index in [-0.39, 0.29) is 35.1 Å². The zero-order valence-corrected chi connectivity index (χ0v) is 18.4. The Balaban J connectivity index is 1.61. The lowest BCUT2D eigenvalue weighted by Gasteiger charge is -2.22. The third-order valence-electron chi connectivity index (χ3n) is 5.82. The molecule has 0 spiro atoms. The van der Waals surface area contributed by atoms with Gasteiger partial charge in [-0.05, 0) is 43.2 Å². The smallest absolute Gasteiger partial charge is 0.404 e. The van der Waals surface area contributed by atoms with Crippen molar-refractivity contribution in [1.82, 2.24) is 15.5 Å². The van der Waals surface area contributed by atoms with Crippen LogP contribution in [0.3, 0.4) is 0 Å². The standard InChI is InChI=1S/C21H28N4O5S/c1-3-16(22-21(27)28)13-8-9-14(10-13)17-12-19(25-24-17)23-20(26)11-15-6-4-5-7-18(15)31(2,29)30/h4-7,12-14,16,22H,3,8-11H2,1-2H3,(H,27,28)(H2,23,24,25,26). The van der Waals surface area contributed by atoms with Gasteiger partial charge in [0.2, 0.25) is 5.91 Å². The number of carbonyl (C=O) groups excluding carboxylic acids is 1. The van der Waals surface area contributed by atoms with Crippen molar-refractivity contribution in [3.8, 4) is 0 Å². The van der Waals surface area contributed by atoms with E-state index in [1.165, 1.54) is 6.07 Å². The Labute approximate surface area is 181 Å². The average molecular weight is 449 g/mol. The van der Waals surface area contributed by atoms with E-state index < -0.39 is 15.9 Å². The SMILES string of the molecule is CCC(NC(=O)O)C1CCC(c2cc(NC(=O)Cc3ccccc3S(C)(=O)=O)n[nH]2)C1. The highest BCUT2D eigenvalue weighted by molar-refractivity contribution is 7.90. The molecule has 4 N–H and O–H groups in total. The number of amides is 2. The number of hydrogen-bond acceptors (Lipinski definition) is 5. The minimum Gasteiger partial charge on any atom is -0.465 e. The fourth-order valence-corrected chi connectivity index (χ4v) is 5.30. The number of rotatable bonds is 8. The zero-order valence-electron chi connectivity index (χ0n) is 17.6. The molecule has 3 atom stereocenters. The molecule has 0 radical (unpaired) electrons. The van der Waals surface area contributed by atoms with Crippen molar-refractivity contribution in [2.45, 2.75) is 55.9 Å². The minimum absolute atomic E-state index is 0.0699. The fraction of sp³-hybridized carbons (Fsp3) is 0.476. The Hall–Kier alpha value is -2.88. The number of H-pyrrole nitrogens is 1. The lowest BCUT2D eigenvalue weighted by Crippen LogP contribution is -2.38. The molecular weight excluding hydrogens is 420 g/mol. The van der Waals surface area contributed by atoms with Crippen molar-refractivity contribution in [2.75, 3.05) is 11.6 Å². The van der Waals surface area contributed by atoms with E-state index >= 15 is 0 Å². The molecule has 9 nitrogen and oxygen atoms in total. The molecule has 31 heavy (non-hydrogen) atoms. The molecule has 1 aliphatic rings. The van der Waals surface area contributed by atoms with E-state index in [2.05, 4.69) is 20.8 Å². The summed E-state index contributed by atoms with van der Waals surface area (Å²) in [4.78, 5) is 23.6. The molecular formula is C21H28N4O5S.